The minimum Gasteiger partial charge on any atom is -0.465 e. The van der Waals surface area contributed by atoms with E-state index in [9.17, 15) is 4.79 Å². The van der Waals surface area contributed by atoms with Crippen molar-refractivity contribution in [2.24, 2.45) is 23.2 Å². The fraction of sp³-hybridized carbons (Fsp3) is 0.947. The fourth-order valence-electron chi connectivity index (χ4n) is 3.04. The number of hydrogen-bond donors (Lipinski definition) is 0. The Bertz CT molecular complexity index is 285. The Labute approximate surface area is 133 Å². The van der Waals surface area contributed by atoms with E-state index in [1.807, 2.05) is 0 Å². The first-order valence-corrected chi connectivity index (χ1v) is 8.98. The predicted octanol–water partition coefficient (Wildman–Crippen LogP) is 5.84. The monoisotopic (exact) mass is 298 g/mol. The van der Waals surface area contributed by atoms with Gasteiger partial charge in [0.2, 0.25) is 0 Å². The van der Waals surface area contributed by atoms with Crippen LogP contribution in [0.1, 0.15) is 87.0 Å². The van der Waals surface area contributed by atoms with E-state index in [0.29, 0.717) is 24.4 Å². The van der Waals surface area contributed by atoms with Crippen LogP contribution in [0, 0.1) is 23.2 Å². The van der Waals surface area contributed by atoms with Crippen LogP contribution in [0.15, 0.2) is 0 Å². The van der Waals surface area contributed by atoms with Crippen LogP contribution in [0.25, 0.3) is 0 Å². The van der Waals surface area contributed by atoms with Gasteiger partial charge in [0.25, 0.3) is 0 Å². The summed E-state index contributed by atoms with van der Waals surface area (Å²) in [6, 6.07) is 0. The summed E-state index contributed by atoms with van der Waals surface area (Å²) in [5.41, 5.74) is -0.341. The number of carbonyl (C=O) groups excluding carboxylic acids is 1. The maximum atomic E-state index is 12.7. The Kier molecular flexibility index (Phi) is 9.98. The molecule has 0 amide bonds. The first kappa shape index (κ1) is 20.5. The molecule has 0 rings (SSSR count). The Balaban J connectivity index is 4.67. The van der Waals surface area contributed by atoms with E-state index in [-0.39, 0.29) is 11.4 Å². The van der Waals surface area contributed by atoms with E-state index >= 15 is 0 Å². The van der Waals surface area contributed by atoms with Crippen molar-refractivity contribution in [2.75, 3.05) is 6.61 Å². The average molecular weight is 299 g/mol. The molecule has 3 unspecified atom stereocenters. The van der Waals surface area contributed by atoms with E-state index < -0.39 is 0 Å². The van der Waals surface area contributed by atoms with E-state index in [1.165, 1.54) is 19.3 Å². The summed E-state index contributed by atoms with van der Waals surface area (Å²) in [6.45, 7) is 15.8. The van der Waals surface area contributed by atoms with Crippen molar-refractivity contribution < 1.29 is 9.53 Å². The van der Waals surface area contributed by atoms with Gasteiger partial charge in [-0.15, -0.1) is 0 Å². The van der Waals surface area contributed by atoms with Crippen molar-refractivity contribution in [1.82, 2.24) is 0 Å². The normalized spacial score (nSPS) is 17.3. The molecular formula is C19H38O2. The zero-order valence-electron chi connectivity index (χ0n) is 15.5. The smallest absolute Gasteiger partial charge is 0.312 e. The number of hydrogen-bond acceptors (Lipinski definition) is 2. The third kappa shape index (κ3) is 6.84. The predicted molar refractivity (Wildman–Crippen MR) is 91.3 cm³/mol. The largest absolute Gasteiger partial charge is 0.465 e. The van der Waals surface area contributed by atoms with E-state index in [0.717, 1.165) is 19.3 Å². The second-order valence-electron chi connectivity index (χ2n) is 7.34. The van der Waals surface area contributed by atoms with Gasteiger partial charge in [-0.05, 0) is 37.5 Å². The van der Waals surface area contributed by atoms with Crippen LogP contribution in [0.5, 0.6) is 0 Å². The topological polar surface area (TPSA) is 26.3 Å². The molecule has 2 nitrogen and oxygen atoms in total. The summed E-state index contributed by atoms with van der Waals surface area (Å²) in [5, 5.41) is 0. The second kappa shape index (κ2) is 10.2. The number of unbranched alkanes of at least 4 members (excludes halogenated alkanes) is 1. The first-order chi connectivity index (χ1) is 9.81. The highest BCUT2D eigenvalue weighted by molar-refractivity contribution is 5.76. The summed E-state index contributed by atoms with van der Waals surface area (Å²) in [4.78, 5) is 12.7. The lowest BCUT2D eigenvalue weighted by Gasteiger charge is -2.35. The molecule has 0 saturated carbocycles. The molecular weight excluding hydrogens is 260 g/mol. The summed E-state index contributed by atoms with van der Waals surface area (Å²) in [6.07, 6.45) is 6.63. The van der Waals surface area contributed by atoms with Gasteiger partial charge in [-0.3, -0.25) is 4.79 Å². The van der Waals surface area contributed by atoms with Gasteiger partial charge in [0.05, 0.1) is 12.0 Å². The van der Waals surface area contributed by atoms with Gasteiger partial charge < -0.3 is 4.74 Å². The van der Waals surface area contributed by atoms with E-state index in [1.54, 1.807) is 0 Å². The quantitative estimate of drug-likeness (QED) is 0.448. The standard InChI is InChI=1S/C19H38O2/c1-8-11-12-17(10-3)14-21-18(20)19(7,13-15(4)5)16(6)9-2/h15-17H,8-14H2,1-7H3. The lowest BCUT2D eigenvalue weighted by molar-refractivity contribution is -0.161. The molecule has 2 heteroatoms. The molecule has 126 valence electrons. The minimum absolute atomic E-state index is 0.0144. The first-order valence-electron chi connectivity index (χ1n) is 8.98. The van der Waals surface area contributed by atoms with Crippen LogP contribution in [0.2, 0.25) is 0 Å². The van der Waals surface area contributed by atoms with E-state index in [4.69, 9.17) is 4.74 Å². The van der Waals surface area contributed by atoms with E-state index in [2.05, 4.69) is 48.5 Å². The molecule has 0 fully saturated rings. The lowest BCUT2D eigenvalue weighted by Crippen LogP contribution is -2.38. The van der Waals surface area contributed by atoms with Gasteiger partial charge in [0.15, 0.2) is 0 Å². The third-order valence-electron chi connectivity index (χ3n) is 4.99. The molecule has 0 bridgehead atoms. The molecule has 0 saturated heterocycles. The Morgan fingerprint density at radius 3 is 2.14 bits per heavy atom. The Hall–Kier alpha value is -0.530. The molecule has 0 aromatic rings. The highest BCUT2D eigenvalue weighted by Gasteiger charge is 2.40. The van der Waals surface area contributed by atoms with Crippen LogP contribution >= 0.6 is 0 Å². The van der Waals surface area contributed by atoms with Gasteiger partial charge in [-0.25, -0.2) is 0 Å². The molecule has 0 aliphatic heterocycles. The van der Waals surface area contributed by atoms with Crippen molar-refractivity contribution in [1.29, 1.82) is 0 Å². The van der Waals surface area contributed by atoms with Crippen molar-refractivity contribution in [2.45, 2.75) is 87.0 Å². The van der Waals surface area contributed by atoms with Crippen LogP contribution in [0.4, 0.5) is 0 Å². The second-order valence-corrected chi connectivity index (χ2v) is 7.34. The molecule has 0 aromatic carbocycles. The highest BCUT2D eigenvalue weighted by atomic mass is 16.5. The molecule has 0 aromatic heterocycles. The molecule has 0 spiro atoms. The van der Waals surface area contributed by atoms with Gasteiger partial charge in [0.1, 0.15) is 0 Å². The van der Waals surface area contributed by atoms with Crippen LogP contribution < -0.4 is 0 Å². The highest BCUT2D eigenvalue weighted by Crippen LogP contribution is 2.37. The number of ether oxygens (including phenoxy) is 1. The zero-order valence-corrected chi connectivity index (χ0v) is 15.5. The summed E-state index contributed by atoms with van der Waals surface area (Å²) < 4.78 is 5.74. The van der Waals surface area contributed by atoms with Crippen LogP contribution in [-0.2, 0) is 9.53 Å². The number of rotatable bonds is 11. The van der Waals surface area contributed by atoms with Crippen molar-refractivity contribution in [3.63, 3.8) is 0 Å². The van der Waals surface area contributed by atoms with Gasteiger partial charge >= 0.3 is 5.97 Å². The minimum atomic E-state index is -0.341. The lowest BCUT2D eigenvalue weighted by atomic mass is 9.71. The molecule has 0 aliphatic carbocycles. The molecule has 0 heterocycles. The molecule has 21 heavy (non-hydrogen) atoms. The SMILES string of the molecule is CCCCC(CC)COC(=O)C(C)(CC(C)C)C(C)CC. The Morgan fingerprint density at radius 2 is 1.71 bits per heavy atom. The van der Waals surface area contributed by atoms with Crippen molar-refractivity contribution in [3.05, 3.63) is 0 Å². The van der Waals surface area contributed by atoms with Crippen LogP contribution in [-0.4, -0.2) is 12.6 Å². The summed E-state index contributed by atoms with van der Waals surface area (Å²) >= 11 is 0. The average Bonchev–Trinajstić information content (AvgIpc) is 2.45. The molecule has 0 radical (unpaired) electrons. The molecule has 3 atom stereocenters. The molecule has 0 N–H and O–H groups in total. The number of carbonyl (C=O) groups is 1. The van der Waals surface area contributed by atoms with Gasteiger partial charge in [0, 0.05) is 0 Å². The summed E-state index contributed by atoms with van der Waals surface area (Å²) in [5.74, 6) is 1.41. The maximum Gasteiger partial charge on any atom is 0.312 e. The fourth-order valence-corrected chi connectivity index (χ4v) is 3.04. The Morgan fingerprint density at radius 1 is 1.10 bits per heavy atom. The van der Waals surface area contributed by atoms with Crippen molar-refractivity contribution in [3.8, 4) is 0 Å². The van der Waals surface area contributed by atoms with Gasteiger partial charge in [-0.1, -0.05) is 67.2 Å². The van der Waals surface area contributed by atoms with Gasteiger partial charge in [-0.2, -0.15) is 0 Å². The summed E-state index contributed by atoms with van der Waals surface area (Å²) in [7, 11) is 0. The molecule has 0 aliphatic rings. The zero-order chi connectivity index (χ0) is 16.5. The number of esters is 1. The van der Waals surface area contributed by atoms with Crippen LogP contribution in [0.3, 0.4) is 0 Å². The van der Waals surface area contributed by atoms with Crippen molar-refractivity contribution >= 4 is 5.97 Å². The third-order valence-corrected chi connectivity index (χ3v) is 4.99. The maximum absolute atomic E-state index is 12.7.